The Balaban J connectivity index is 2.03. The number of anilines is 2. The summed E-state index contributed by atoms with van der Waals surface area (Å²) in [6.45, 7) is -0.484. The fraction of sp³-hybridized carbons (Fsp3) is 0.278. The van der Waals surface area contributed by atoms with Crippen molar-refractivity contribution in [2.24, 2.45) is 0 Å². The van der Waals surface area contributed by atoms with Crippen molar-refractivity contribution in [3.63, 3.8) is 0 Å². The quantitative estimate of drug-likeness (QED) is 0.569. The van der Waals surface area contributed by atoms with Crippen LogP contribution >= 0.6 is 23.2 Å². The summed E-state index contributed by atoms with van der Waals surface area (Å²) in [5.74, 6) is -1.42. The minimum Gasteiger partial charge on any atom is -0.478 e. The molecule has 1 fully saturated rings. The predicted octanol–water partition coefficient (Wildman–Crippen LogP) is 4.99. The lowest BCUT2D eigenvalue weighted by molar-refractivity contribution is -0.184. The zero-order chi connectivity index (χ0) is 21.6. The summed E-state index contributed by atoms with van der Waals surface area (Å²) >= 11 is 11.8. The average Bonchev–Trinajstić information content (AvgIpc) is 3.07. The van der Waals surface area contributed by atoms with Crippen LogP contribution in [0.1, 0.15) is 22.3 Å². The van der Waals surface area contributed by atoms with E-state index in [9.17, 15) is 28.4 Å². The molecule has 6 nitrogen and oxygen atoms in total. The number of hydrogen-bond donors (Lipinski definition) is 3. The van der Waals surface area contributed by atoms with Gasteiger partial charge in [0.05, 0.1) is 5.56 Å². The van der Waals surface area contributed by atoms with E-state index in [2.05, 4.69) is 0 Å². The molecule has 0 bridgehead atoms. The zero-order valence-electron chi connectivity index (χ0n) is 14.6. The first kappa shape index (κ1) is 21.5. The molecule has 0 amide bonds. The number of carboxylic acids is 1. The number of rotatable bonds is 4. The summed E-state index contributed by atoms with van der Waals surface area (Å²) in [6, 6.07) is 7.31. The Hall–Kier alpha value is -2.20. The molecule has 0 aliphatic carbocycles. The Bertz CT molecular complexity index is 935. The van der Waals surface area contributed by atoms with E-state index < -0.39 is 35.4 Å². The van der Waals surface area contributed by atoms with E-state index in [0.717, 1.165) is 12.1 Å². The third-order valence-corrected chi connectivity index (χ3v) is 5.46. The molecule has 3 rings (SSSR count). The van der Waals surface area contributed by atoms with E-state index in [4.69, 9.17) is 28.3 Å². The largest absolute Gasteiger partial charge is 0.478 e. The highest BCUT2D eigenvalue weighted by Crippen LogP contribution is 2.49. The lowest BCUT2D eigenvalue weighted by Crippen LogP contribution is -2.44. The topological polar surface area (TPSA) is 84.2 Å². The molecular formula is C18H15Cl2F3N2O4. The van der Waals surface area contributed by atoms with E-state index in [1.165, 1.54) is 29.2 Å². The molecule has 2 aromatic carbocycles. The summed E-state index contributed by atoms with van der Waals surface area (Å²) in [5, 5.41) is 27.5. The van der Waals surface area contributed by atoms with Crippen LogP contribution in [0, 0.1) is 0 Å². The second kappa shape index (κ2) is 7.56. The average molecular weight is 451 g/mol. The van der Waals surface area contributed by atoms with E-state index >= 15 is 0 Å². The van der Waals surface area contributed by atoms with Gasteiger partial charge >= 0.3 is 12.1 Å². The maximum Gasteiger partial charge on any atom is 0.400 e. The van der Waals surface area contributed by atoms with Crippen molar-refractivity contribution < 1.29 is 33.5 Å². The van der Waals surface area contributed by atoms with E-state index in [1.807, 2.05) is 0 Å². The number of halogens is 5. The van der Waals surface area contributed by atoms with Crippen molar-refractivity contribution >= 4 is 40.5 Å². The van der Waals surface area contributed by atoms with Gasteiger partial charge in [-0.2, -0.15) is 13.2 Å². The Kier molecular flexibility index (Phi) is 5.61. The van der Waals surface area contributed by atoms with Crippen molar-refractivity contribution in [1.82, 2.24) is 0 Å². The predicted molar refractivity (Wildman–Crippen MR) is 100 cm³/mol. The van der Waals surface area contributed by atoms with E-state index in [1.54, 1.807) is 0 Å². The number of carboxylic acid groups (broad SMARTS) is 1. The molecule has 1 saturated heterocycles. The third-order valence-electron chi connectivity index (χ3n) is 5.02. The molecule has 11 heteroatoms. The number of benzene rings is 2. The Labute approximate surface area is 173 Å². The standard InChI is InChI=1S/C18H15Cl2F3N2O4/c19-11-5-10(6-12(20)7-11)17(18(21,22)23)3-4-24(9-17)13-1-2-14(16(26)27)15(8-13)25(28)29/h1-2,5-8,28-29H,3-4,9H2,(H,26,27). The number of carbonyl (C=O) groups is 1. The SMILES string of the molecule is O=C(O)c1ccc(N2CCC(c3cc(Cl)cc(Cl)c3)(C(F)(F)F)C2)cc1N(O)O. The summed E-state index contributed by atoms with van der Waals surface area (Å²) in [7, 11) is 0. The fourth-order valence-electron chi connectivity index (χ4n) is 3.55. The van der Waals surface area contributed by atoms with Crippen molar-refractivity contribution in [3.8, 4) is 0 Å². The van der Waals surface area contributed by atoms with Gasteiger partial charge in [0.25, 0.3) is 0 Å². The fourth-order valence-corrected chi connectivity index (χ4v) is 4.08. The molecule has 1 unspecified atom stereocenters. The van der Waals surface area contributed by atoms with Gasteiger partial charge in [-0.15, -0.1) is 5.23 Å². The van der Waals surface area contributed by atoms with Gasteiger partial charge < -0.3 is 10.0 Å². The lowest BCUT2D eigenvalue weighted by Gasteiger charge is -2.33. The minimum absolute atomic E-state index is 0.00758. The lowest BCUT2D eigenvalue weighted by atomic mass is 9.79. The maximum absolute atomic E-state index is 14.2. The number of nitrogens with zero attached hydrogens (tertiary/aromatic N) is 2. The minimum atomic E-state index is -4.61. The molecule has 0 saturated carbocycles. The summed E-state index contributed by atoms with van der Waals surface area (Å²) < 4.78 is 42.5. The summed E-state index contributed by atoms with van der Waals surface area (Å²) in [4.78, 5) is 12.6. The second-order valence-electron chi connectivity index (χ2n) is 6.71. The molecule has 0 radical (unpaired) electrons. The second-order valence-corrected chi connectivity index (χ2v) is 7.58. The molecule has 0 spiro atoms. The van der Waals surface area contributed by atoms with Crippen molar-refractivity contribution in [2.75, 3.05) is 23.2 Å². The smallest absolute Gasteiger partial charge is 0.400 e. The number of aromatic carboxylic acids is 1. The molecule has 1 atom stereocenters. The van der Waals surface area contributed by atoms with Gasteiger partial charge in [0, 0.05) is 28.8 Å². The van der Waals surface area contributed by atoms with Crippen LogP contribution in [0.15, 0.2) is 36.4 Å². The third kappa shape index (κ3) is 3.95. The zero-order valence-corrected chi connectivity index (χ0v) is 16.1. The molecule has 1 heterocycles. The Morgan fingerprint density at radius 3 is 2.24 bits per heavy atom. The molecule has 0 aromatic heterocycles. The van der Waals surface area contributed by atoms with Gasteiger partial charge in [-0.1, -0.05) is 23.2 Å². The first-order chi connectivity index (χ1) is 13.4. The Morgan fingerprint density at radius 1 is 1.10 bits per heavy atom. The van der Waals surface area contributed by atoms with Crippen LogP contribution < -0.4 is 10.1 Å². The van der Waals surface area contributed by atoms with Crippen LogP contribution in [0.5, 0.6) is 0 Å². The Morgan fingerprint density at radius 2 is 1.72 bits per heavy atom. The highest BCUT2D eigenvalue weighted by atomic mass is 35.5. The van der Waals surface area contributed by atoms with Gasteiger partial charge in [0.2, 0.25) is 0 Å². The van der Waals surface area contributed by atoms with E-state index in [-0.39, 0.29) is 39.5 Å². The van der Waals surface area contributed by atoms with Crippen LogP contribution in [0.3, 0.4) is 0 Å². The first-order valence-corrected chi connectivity index (χ1v) is 9.04. The van der Waals surface area contributed by atoms with Crippen LogP contribution in [-0.4, -0.2) is 40.8 Å². The highest BCUT2D eigenvalue weighted by molar-refractivity contribution is 6.34. The molecule has 1 aliphatic heterocycles. The normalized spacial score (nSPS) is 19.5. The summed E-state index contributed by atoms with van der Waals surface area (Å²) in [5.41, 5.74) is -2.99. The molecular weight excluding hydrogens is 436 g/mol. The highest BCUT2D eigenvalue weighted by Gasteiger charge is 2.59. The summed E-state index contributed by atoms with van der Waals surface area (Å²) in [6.07, 6.45) is -4.90. The molecule has 2 aromatic rings. The van der Waals surface area contributed by atoms with E-state index in [0.29, 0.717) is 0 Å². The van der Waals surface area contributed by atoms with Crippen molar-refractivity contribution in [1.29, 1.82) is 0 Å². The van der Waals surface area contributed by atoms with Gasteiger partial charge in [-0.05, 0) is 48.4 Å². The monoisotopic (exact) mass is 450 g/mol. The van der Waals surface area contributed by atoms with Crippen molar-refractivity contribution in [3.05, 3.63) is 57.6 Å². The first-order valence-electron chi connectivity index (χ1n) is 8.28. The van der Waals surface area contributed by atoms with Gasteiger partial charge in [0.1, 0.15) is 11.1 Å². The van der Waals surface area contributed by atoms with Gasteiger partial charge in [0.15, 0.2) is 0 Å². The van der Waals surface area contributed by atoms with Crippen LogP contribution in [0.25, 0.3) is 0 Å². The maximum atomic E-state index is 14.2. The molecule has 156 valence electrons. The van der Waals surface area contributed by atoms with Crippen LogP contribution in [-0.2, 0) is 5.41 Å². The molecule has 29 heavy (non-hydrogen) atoms. The molecule has 3 N–H and O–H groups in total. The van der Waals surface area contributed by atoms with Crippen LogP contribution in [0.4, 0.5) is 24.5 Å². The van der Waals surface area contributed by atoms with Gasteiger partial charge in [-0.3, -0.25) is 10.4 Å². The van der Waals surface area contributed by atoms with Crippen LogP contribution in [0.2, 0.25) is 10.0 Å². The number of hydrogen-bond acceptors (Lipinski definition) is 5. The van der Waals surface area contributed by atoms with Gasteiger partial charge in [-0.25, -0.2) is 4.79 Å². The molecule has 1 aliphatic rings. The van der Waals surface area contributed by atoms with Crippen molar-refractivity contribution in [2.45, 2.75) is 18.0 Å². The number of alkyl halides is 3.